The molecule has 2 saturated heterocycles. The molecule has 0 N–H and O–H groups in total. The Kier molecular flexibility index (Phi) is 4.16. The number of rotatable bonds is 3. The Labute approximate surface area is 115 Å². The van der Waals surface area contributed by atoms with Gasteiger partial charge in [-0.1, -0.05) is 36.8 Å². The van der Waals surface area contributed by atoms with E-state index in [1.54, 1.807) is 0 Å². The van der Waals surface area contributed by atoms with Crippen molar-refractivity contribution in [2.45, 2.75) is 31.4 Å². The normalized spacial score (nSPS) is 29.3. The van der Waals surface area contributed by atoms with Crippen molar-refractivity contribution in [3.63, 3.8) is 0 Å². The molecule has 104 valence electrons. The van der Waals surface area contributed by atoms with Crippen molar-refractivity contribution >= 4 is 0 Å². The van der Waals surface area contributed by atoms with Gasteiger partial charge in [0.1, 0.15) is 5.72 Å². The number of piperidine rings is 1. The molecule has 19 heavy (non-hydrogen) atoms. The summed E-state index contributed by atoms with van der Waals surface area (Å²) >= 11 is 0. The Bertz CT molecular complexity index is 381. The highest BCUT2D eigenvalue weighted by Gasteiger charge is 2.40. The number of ether oxygens (including phenoxy) is 2. The fraction of sp³-hybridized carbons (Fsp3) is 0.625. The minimum absolute atomic E-state index is 0.236. The van der Waals surface area contributed by atoms with E-state index in [1.807, 2.05) is 0 Å². The van der Waals surface area contributed by atoms with Gasteiger partial charge in [0.15, 0.2) is 0 Å². The van der Waals surface area contributed by atoms with Gasteiger partial charge < -0.3 is 9.47 Å². The summed E-state index contributed by atoms with van der Waals surface area (Å²) in [6.45, 7) is 4.40. The van der Waals surface area contributed by atoms with Gasteiger partial charge >= 0.3 is 0 Å². The maximum Gasteiger partial charge on any atom is 0.149 e. The van der Waals surface area contributed by atoms with Gasteiger partial charge in [0.2, 0.25) is 0 Å². The first-order valence-corrected chi connectivity index (χ1v) is 7.40. The van der Waals surface area contributed by atoms with E-state index in [0.29, 0.717) is 13.2 Å². The van der Waals surface area contributed by atoms with Crippen molar-refractivity contribution in [1.29, 1.82) is 0 Å². The van der Waals surface area contributed by atoms with Crippen LogP contribution in [0.25, 0.3) is 0 Å². The number of hydrogen-bond acceptors (Lipinski definition) is 3. The lowest BCUT2D eigenvalue weighted by Crippen LogP contribution is -2.59. The van der Waals surface area contributed by atoms with Crippen molar-refractivity contribution < 1.29 is 9.47 Å². The molecule has 1 aromatic rings. The van der Waals surface area contributed by atoms with Gasteiger partial charge in [-0.2, -0.15) is 0 Å². The minimum atomic E-state index is -0.236. The first-order valence-electron chi connectivity index (χ1n) is 7.40. The van der Waals surface area contributed by atoms with Gasteiger partial charge in [0.25, 0.3) is 0 Å². The second-order valence-corrected chi connectivity index (χ2v) is 5.56. The summed E-state index contributed by atoms with van der Waals surface area (Å²) in [7, 11) is 0. The molecular formula is C16H23NO2. The SMILES string of the molecule is c1ccc(CC2(N3CCCCC3)COCCO2)cc1. The van der Waals surface area contributed by atoms with Crippen LogP contribution in [0.3, 0.4) is 0 Å². The lowest BCUT2D eigenvalue weighted by molar-refractivity contribution is -0.234. The van der Waals surface area contributed by atoms with Crippen LogP contribution in [0.15, 0.2) is 30.3 Å². The van der Waals surface area contributed by atoms with E-state index in [0.717, 1.165) is 26.1 Å². The van der Waals surface area contributed by atoms with E-state index in [-0.39, 0.29) is 5.72 Å². The molecule has 0 radical (unpaired) electrons. The molecule has 2 heterocycles. The molecule has 2 aliphatic heterocycles. The first kappa shape index (κ1) is 13.1. The van der Waals surface area contributed by atoms with Crippen molar-refractivity contribution in [1.82, 2.24) is 4.90 Å². The van der Waals surface area contributed by atoms with Crippen molar-refractivity contribution in [3.8, 4) is 0 Å². The average molecular weight is 261 g/mol. The molecule has 2 aliphatic rings. The van der Waals surface area contributed by atoms with E-state index < -0.39 is 0 Å². The third-order valence-electron chi connectivity index (χ3n) is 4.18. The van der Waals surface area contributed by atoms with Crippen LogP contribution in [-0.4, -0.2) is 43.5 Å². The molecule has 0 bridgehead atoms. The zero-order valence-electron chi connectivity index (χ0n) is 11.5. The predicted octanol–water partition coefficient (Wildman–Crippen LogP) is 2.46. The molecule has 0 saturated carbocycles. The molecule has 1 aromatic carbocycles. The molecule has 0 aliphatic carbocycles. The van der Waals surface area contributed by atoms with Crippen LogP contribution in [0.4, 0.5) is 0 Å². The topological polar surface area (TPSA) is 21.7 Å². The Morgan fingerprint density at radius 2 is 1.79 bits per heavy atom. The average Bonchev–Trinajstić information content (AvgIpc) is 2.50. The van der Waals surface area contributed by atoms with E-state index in [2.05, 4.69) is 35.2 Å². The second kappa shape index (κ2) is 6.04. The summed E-state index contributed by atoms with van der Waals surface area (Å²) in [6.07, 6.45) is 4.83. The second-order valence-electron chi connectivity index (χ2n) is 5.56. The Hall–Kier alpha value is -0.900. The predicted molar refractivity (Wildman–Crippen MR) is 75.1 cm³/mol. The molecule has 3 rings (SSSR count). The molecular weight excluding hydrogens is 238 g/mol. The third-order valence-corrected chi connectivity index (χ3v) is 4.18. The van der Waals surface area contributed by atoms with Crippen LogP contribution >= 0.6 is 0 Å². The van der Waals surface area contributed by atoms with Gasteiger partial charge in [-0.3, -0.25) is 4.90 Å². The summed E-state index contributed by atoms with van der Waals surface area (Å²) in [6, 6.07) is 10.6. The van der Waals surface area contributed by atoms with Crippen LogP contribution in [-0.2, 0) is 15.9 Å². The smallest absolute Gasteiger partial charge is 0.149 e. The maximum absolute atomic E-state index is 6.21. The standard InChI is InChI=1S/C16H23NO2/c1-3-7-15(8-4-1)13-16(14-18-11-12-19-16)17-9-5-2-6-10-17/h1,3-4,7-8H,2,5-6,9-14H2. The highest BCUT2D eigenvalue weighted by atomic mass is 16.6. The summed E-state index contributed by atoms with van der Waals surface area (Å²) < 4.78 is 12.0. The molecule has 2 fully saturated rings. The fourth-order valence-electron chi connectivity index (χ4n) is 3.18. The third kappa shape index (κ3) is 2.99. The van der Waals surface area contributed by atoms with Crippen LogP contribution in [0.5, 0.6) is 0 Å². The van der Waals surface area contributed by atoms with Crippen molar-refractivity contribution in [2.75, 3.05) is 32.9 Å². The highest BCUT2D eigenvalue weighted by Crippen LogP contribution is 2.29. The summed E-state index contributed by atoms with van der Waals surface area (Å²) in [5.74, 6) is 0. The van der Waals surface area contributed by atoms with Gasteiger partial charge in [-0.15, -0.1) is 0 Å². The molecule has 1 atom stereocenters. The van der Waals surface area contributed by atoms with E-state index in [1.165, 1.54) is 24.8 Å². The minimum Gasteiger partial charge on any atom is -0.375 e. The van der Waals surface area contributed by atoms with Gasteiger partial charge in [0, 0.05) is 19.5 Å². The summed E-state index contributed by atoms with van der Waals surface area (Å²) in [5, 5.41) is 0. The quantitative estimate of drug-likeness (QED) is 0.834. The van der Waals surface area contributed by atoms with E-state index in [4.69, 9.17) is 9.47 Å². The van der Waals surface area contributed by atoms with Crippen molar-refractivity contribution in [3.05, 3.63) is 35.9 Å². The Balaban J connectivity index is 1.79. The zero-order chi connectivity index (χ0) is 13.0. The number of benzene rings is 1. The van der Waals surface area contributed by atoms with Crippen LogP contribution in [0, 0.1) is 0 Å². The lowest BCUT2D eigenvalue weighted by atomic mass is 9.98. The first-order chi connectivity index (χ1) is 9.39. The van der Waals surface area contributed by atoms with Crippen LogP contribution in [0.1, 0.15) is 24.8 Å². The molecule has 0 aromatic heterocycles. The number of hydrogen-bond donors (Lipinski definition) is 0. The Morgan fingerprint density at radius 3 is 2.47 bits per heavy atom. The largest absolute Gasteiger partial charge is 0.375 e. The van der Waals surface area contributed by atoms with E-state index >= 15 is 0 Å². The molecule has 3 nitrogen and oxygen atoms in total. The van der Waals surface area contributed by atoms with Crippen LogP contribution in [0.2, 0.25) is 0 Å². The molecule has 0 spiro atoms. The molecule has 3 heteroatoms. The molecule has 1 unspecified atom stereocenters. The zero-order valence-corrected chi connectivity index (χ0v) is 11.5. The molecule has 0 amide bonds. The Morgan fingerprint density at radius 1 is 1.00 bits per heavy atom. The fourth-order valence-corrected chi connectivity index (χ4v) is 3.18. The lowest BCUT2D eigenvalue weighted by Gasteiger charge is -2.47. The van der Waals surface area contributed by atoms with Crippen LogP contribution < -0.4 is 0 Å². The van der Waals surface area contributed by atoms with Gasteiger partial charge in [0.05, 0.1) is 19.8 Å². The number of likely N-dealkylation sites (tertiary alicyclic amines) is 1. The van der Waals surface area contributed by atoms with Crippen molar-refractivity contribution in [2.24, 2.45) is 0 Å². The van der Waals surface area contributed by atoms with Gasteiger partial charge in [-0.25, -0.2) is 0 Å². The number of nitrogens with zero attached hydrogens (tertiary/aromatic N) is 1. The summed E-state index contributed by atoms with van der Waals surface area (Å²) in [4.78, 5) is 2.50. The highest BCUT2D eigenvalue weighted by molar-refractivity contribution is 5.17. The van der Waals surface area contributed by atoms with Gasteiger partial charge in [-0.05, 0) is 18.4 Å². The maximum atomic E-state index is 6.21. The monoisotopic (exact) mass is 261 g/mol. The summed E-state index contributed by atoms with van der Waals surface area (Å²) in [5.41, 5.74) is 1.10. The van der Waals surface area contributed by atoms with E-state index in [9.17, 15) is 0 Å².